The summed E-state index contributed by atoms with van der Waals surface area (Å²) in [5, 5.41) is 4.89. The van der Waals surface area contributed by atoms with E-state index in [-0.39, 0.29) is 24.5 Å². The van der Waals surface area contributed by atoms with E-state index in [1.54, 1.807) is 16.2 Å². The normalized spacial score (nSPS) is 10.7. The van der Waals surface area contributed by atoms with Crippen molar-refractivity contribution >= 4 is 44.9 Å². The van der Waals surface area contributed by atoms with Crippen molar-refractivity contribution in [3.63, 3.8) is 0 Å². The van der Waals surface area contributed by atoms with Crippen LogP contribution in [-0.2, 0) is 17.9 Å². The van der Waals surface area contributed by atoms with Gasteiger partial charge in [-0.1, -0.05) is 52.3 Å². The van der Waals surface area contributed by atoms with E-state index < -0.39 is 0 Å². The van der Waals surface area contributed by atoms with Gasteiger partial charge in [-0.15, -0.1) is 11.3 Å². The van der Waals surface area contributed by atoms with E-state index in [9.17, 15) is 9.59 Å². The van der Waals surface area contributed by atoms with Gasteiger partial charge in [-0.25, -0.2) is 4.79 Å². The van der Waals surface area contributed by atoms with Gasteiger partial charge in [0.25, 0.3) is 0 Å². The van der Waals surface area contributed by atoms with Crippen LogP contribution in [0.2, 0.25) is 0 Å². The summed E-state index contributed by atoms with van der Waals surface area (Å²) in [6.07, 6.45) is 0. The van der Waals surface area contributed by atoms with E-state index in [1.807, 2.05) is 90.9 Å². The Morgan fingerprint density at radius 1 is 0.968 bits per heavy atom. The van der Waals surface area contributed by atoms with Crippen molar-refractivity contribution < 1.29 is 9.59 Å². The lowest BCUT2D eigenvalue weighted by molar-refractivity contribution is -0.133. The fourth-order valence-electron chi connectivity index (χ4n) is 3.09. The number of halogens is 1. The highest BCUT2D eigenvalue weighted by Crippen LogP contribution is 2.17. The van der Waals surface area contributed by atoms with Gasteiger partial charge in [-0.05, 0) is 55.1 Å². The van der Waals surface area contributed by atoms with Crippen molar-refractivity contribution in [3.8, 4) is 0 Å². The summed E-state index contributed by atoms with van der Waals surface area (Å²) in [5.41, 5.74) is 1.74. The van der Waals surface area contributed by atoms with Gasteiger partial charge in [-0.3, -0.25) is 4.79 Å². The standard InChI is InChI=1S/C24H26BrN3O2S/c1-18(2)28(24(30)26-21-12-10-20(25)11-13-21)17-23(29)27(16-22-9-6-14-31-22)15-19-7-4-3-5-8-19/h3-14,18H,15-17H2,1-2H3,(H,26,30). The Kier molecular flexibility index (Phi) is 8.26. The minimum Gasteiger partial charge on any atom is -0.332 e. The molecule has 162 valence electrons. The van der Waals surface area contributed by atoms with Crippen molar-refractivity contribution in [1.29, 1.82) is 0 Å². The van der Waals surface area contributed by atoms with Crippen LogP contribution in [-0.4, -0.2) is 34.3 Å². The molecule has 0 fully saturated rings. The first kappa shape index (κ1) is 23.0. The van der Waals surface area contributed by atoms with Crippen LogP contribution in [0, 0.1) is 0 Å². The average molecular weight is 500 g/mol. The number of rotatable bonds is 8. The van der Waals surface area contributed by atoms with Crippen molar-refractivity contribution in [2.75, 3.05) is 11.9 Å². The minimum absolute atomic E-state index is 0.0121. The molecule has 1 aromatic heterocycles. The molecule has 0 radical (unpaired) electrons. The molecule has 31 heavy (non-hydrogen) atoms. The molecular weight excluding hydrogens is 474 g/mol. The molecular formula is C24H26BrN3O2S. The lowest BCUT2D eigenvalue weighted by atomic mass is 10.2. The van der Waals surface area contributed by atoms with Crippen LogP contribution >= 0.6 is 27.3 Å². The molecule has 0 aliphatic heterocycles. The molecule has 0 aliphatic carbocycles. The van der Waals surface area contributed by atoms with Gasteiger partial charge >= 0.3 is 6.03 Å². The maximum Gasteiger partial charge on any atom is 0.322 e. The van der Waals surface area contributed by atoms with E-state index in [0.29, 0.717) is 18.8 Å². The number of thiophene rings is 1. The van der Waals surface area contributed by atoms with Crippen LogP contribution in [0.1, 0.15) is 24.3 Å². The number of nitrogens with zero attached hydrogens (tertiary/aromatic N) is 2. The number of nitrogens with one attached hydrogen (secondary N) is 1. The molecule has 0 saturated carbocycles. The van der Waals surface area contributed by atoms with Gasteiger partial charge in [0, 0.05) is 27.6 Å². The molecule has 0 unspecified atom stereocenters. The lowest BCUT2D eigenvalue weighted by Crippen LogP contribution is -2.47. The van der Waals surface area contributed by atoms with Crippen LogP contribution in [0.3, 0.4) is 0 Å². The summed E-state index contributed by atoms with van der Waals surface area (Å²) in [4.78, 5) is 30.7. The summed E-state index contributed by atoms with van der Waals surface area (Å²) in [6.45, 7) is 4.85. The van der Waals surface area contributed by atoms with Gasteiger partial charge in [-0.2, -0.15) is 0 Å². The van der Waals surface area contributed by atoms with Crippen LogP contribution in [0.15, 0.2) is 76.6 Å². The number of anilines is 1. The summed E-state index contributed by atoms with van der Waals surface area (Å²) in [5.74, 6) is -0.0862. The number of hydrogen-bond donors (Lipinski definition) is 1. The van der Waals surface area contributed by atoms with Crippen molar-refractivity contribution in [1.82, 2.24) is 9.80 Å². The van der Waals surface area contributed by atoms with Crippen molar-refractivity contribution in [3.05, 3.63) is 87.0 Å². The fraction of sp³-hybridized carbons (Fsp3) is 0.250. The Hall–Kier alpha value is -2.64. The lowest BCUT2D eigenvalue weighted by Gasteiger charge is -2.30. The van der Waals surface area contributed by atoms with E-state index >= 15 is 0 Å². The number of carbonyl (C=O) groups is 2. The molecule has 1 N–H and O–H groups in total. The van der Waals surface area contributed by atoms with Gasteiger partial charge in [0.1, 0.15) is 6.54 Å². The Balaban J connectivity index is 1.73. The first-order valence-electron chi connectivity index (χ1n) is 10.1. The minimum atomic E-state index is -0.290. The molecule has 3 amide bonds. The fourth-order valence-corrected chi connectivity index (χ4v) is 4.07. The van der Waals surface area contributed by atoms with E-state index in [1.165, 1.54) is 0 Å². The van der Waals surface area contributed by atoms with Crippen LogP contribution in [0.4, 0.5) is 10.5 Å². The molecule has 0 bridgehead atoms. The molecule has 0 spiro atoms. The maximum atomic E-state index is 13.3. The van der Waals surface area contributed by atoms with E-state index in [4.69, 9.17) is 0 Å². The SMILES string of the molecule is CC(C)N(CC(=O)N(Cc1ccccc1)Cc1cccs1)C(=O)Nc1ccc(Br)cc1. The molecule has 7 heteroatoms. The number of urea groups is 1. The topological polar surface area (TPSA) is 52.7 Å². The predicted molar refractivity (Wildman–Crippen MR) is 130 cm³/mol. The van der Waals surface area contributed by atoms with Gasteiger partial charge < -0.3 is 15.1 Å². The third-order valence-corrected chi connectivity index (χ3v) is 6.17. The second-order valence-electron chi connectivity index (χ2n) is 7.47. The number of hydrogen-bond acceptors (Lipinski definition) is 3. The Morgan fingerprint density at radius 2 is 1.68 bits per heavy atom. The zero-order chi connectivity index (χ0) is 22.2. The first-order chi connectivity index (χ1) is 14.9. The number of amides is 3. The monoisotopic (exact) mass is 499 g/mol. The largest absolute Gasteiger partial charge is 0.332 e. The first-order valence-corrected chi connectivity index (χ1v) is 11.8. The van der Waals surface area contributed by atoms with Gasteiger partial charge in [0.15, 0.2) is 0 Å². The number of benzene rings is 2. The molecule has 1 heterocycles. The summed E-state index contributed by atoms with van der Waals surface area (Å²) < 4.78 is 0.937. The third kappa shape index (κ3) is 6.94. The third-order valence-electron chi connectivity index (χ3n) is 4.78. The van der Waals surface area contributed by atoms with Gasteiger partial charge in [0.05, 0.1) is 6.54 Å². The highest BCUT2D eigenvalue weighted by atomic mass is 79.9. The molecule has 0 atom stereocenters. The zero-order valence-corrected chi connectivity index (χ0v) is 20.0. The van der Waals surface area contributed by atoms with E-state index in [0.717, 1.165) is 14.9 Å². The molecule has 0 aliphatic rings. The van der Waals surface area contributed by atoms with Crippen LogP contribution in [0.5, 0.6) is 0 Å². The molecule has 0 saturated heterocycles. The van der Waals surface area contributed by atoms with Gasteiger partial charge in [0.2, 0.25) is 5.91 Å². The summed E-state index contributed by atoms with van der Waals surface area (Å²) in [7, 11) is 0. The molecule has 3 aromatic rings. The molecule has 5 nitrogen and oxygen atoms in total. The Labute approximate surface area is 195 Å². The maximum absolute atomic E-state index is 13.3. The van der Waals surface area contributed by atoms with E-state index in [2.05, 4.69) is 21.2 Å². The predicted octanol–water partition coefficient (Wildman–Crippen LogP) is 5.98. The molecule has 3 rings (SSSR count). The highest BCUT2D eigenvalue weighted by Gasteiger charge is 2.24. The Bertz CT molecular complexity index is 976. The van der Waals surface area contributed by atoms with Crippen LogP contribution in [0.25, 0.3) is 0 Å². The molecule has 2 aromatic carbocycles. The quantitative estimate of drug-likeness (QED) is 0.414. The summed E-state index contributed by atoms with van der Waals surface area (Å²) in [6, 6.07) is 20.9. The zero-order valence-electron chi connectivity index (χ0n) is 17.6. The smallest absolute Gasteiger partial charge is 0.322 e. The summed E-state index contributed by atoms with van der Waals surface area (Å²) >= 11 is 5.01. The second kappa shape index (κ2) is 11.1. The number of carbonyl (C=O) groups excluding carboxylic acids is 2. The second-order valence-corrected chi connectivity index (χ2v) is 9.42. The Morgan fingerprint density at radius 3 is 2.29 bits per heavy atom. The highest BCUT2D eigenvalue weighted by molar-refractivity contribution is 9.10. The van der Waals surface area contributed by atoms with Crippen LogP contribution < -0.4 is 5.32 Å². The van der Waals surface area contributed by atoms with Crippen molar-refractivity contribution in [2.45, 2.75) is 33.0 Å². The van der Waals surface area contributed by atoms with Crippen molar-refractivity contribution in [2.24, 2.45) is 0 Å². The average Bonchev–Trinajstić information content (AvgIpc) is 3.26.